The molecule has 1 aliphatic carbocycles. The third-order valence-electron chi connectivity index (χ3n) is 3.59. The Hall–Kier alpha value is -1.27. The quantitative estimate of drug-likeness (QED) is 0.899. The lowest BCUT2D eigenvalue weighted by atomic mass is 10.1. The van der Waals surface area contributed by atoms with E-state index in [0.29, 0.717) is 12.0 Å². The smallest absolute Gasteiger partial charge is 0.352 e. The maximum absolute atomic E-state index is 12.4. The number of hydrogen-bond donors (Lipinski definition) is 2. The molecule has 0 radical (unpaired) electrons. The van der Waals surface area contributed by atoms with Crippen LogP contribution in [-0.2, 0) is 17.5 Å². The van der Waals surface area contributed by atoms with Gasteiger partial charge in [-0.25, -0.2) is 0 Å². The van der Waals surface area contributed by atoms with Gasteiger partial charge in [-0.15, -0.1) is 12.4 Å². The second-order valence-corrected chi connectivity index (χ2v) is 5.18. The number of rotatable bonds is 3. The minimum Gasteiger partial charge on any atom is -0.352 e. The Morgan fingerprint density at radius 1 is 1.24 bits per heavy atom. The molecular formula is C14H18ClF3N2O. The number of nitrogens with one attached hydrogen (secondary N) is 1. The summed E-state index contributed by atoms with van der Waals surface area (Å²) in [6.45, 7) is 0.239. The maximum atomic E-state index is 12.4. The summed E-state index contributed by atoms with van der Waals surface area (Å²) in [5.74, 6) is -0.141. The van der Waals surface area contributed by atoms with Crippen LogP contribution in [0.2, 0.25) is 0 Å². The standard InChI is InChI=1S/C14H17F3N2O.ClH/c15-14(16,17)11-4-1-9(2-5-11)8-19-13(20)10-3-6-12(18)7-10;/h1-2,4-5,10,12H,3,6-8,18H2,(H,19,20);1H. The first-order valence-corrected chi connectivity index (χ1v) is 6.55. The molecule has 1 aromatic carbocycles. The van der Waals surface area contributed by atoms with E-state index in [1.807, 2.05) is 0 Å². The first kappa shape index (κ1) is 17.8. The highest BCUT2D eigenvalue weighted by molar-refractivity contribution is 5.85. The molecule has 21 heavy (non-hydrogen) atoms. The third kappa shape index (κ3) is 4.89. The molecule has 2 atom stereocenters. The van der Waals surface area contributed by atoms with E-state index < -0.39 is 11.7 Å². The van der Waals surface area contributed by atoms with Gasteiger partial charge in [-0.1, -0.05) is 12.1 Å². The zero-order chi connectivity index (χ0) is 14.8. The van der Waals surface area contributed by atoms with Gasteiger partial charge in [-0.05, 0) is 37.0 Å². The molecule has 0 heterocycles. The van der Waals surface area contributed by atoms with Crippen molar-refractivity contribution in [3.05, 3.63) is 35.4 Å². The van der Waals surface area contributed by atoms with E-state index in [2.05, 4.69) is 5.32 Å². The second-order valence-electron chi connectivity index (χ2n) is 5.18. The first-order chi connectivity index (χ1) is 9.36. The van der Waals surface area contributed by atoms with E-state index in [1.165, 1.54) is 12.1 Å². The molecule has 2 rings (SSSR count). The van der Waals surface area contributed by atoms with E-state index in [4.69, 9.17) is 5.73 Å². The predicted molar refractivity (Wildman–Crippen MR) is 75.9 cm³/mol. The molecule has 0 aliphatic heterocycles. The van der Waals surface area contributed by atoms with Crippen molar-refractivity contribution in [2.24, 2.45) is 11.7 Å². The van der Waals surface area contributed by atoms with Gasteiger partial charge in [0.15, 0.2) is 0 Å². The lowest BCUT2D eigenvalue weighted by molar-refractivity contribution is -0.137. The lowest BCUT2D eigenvalue weighted by Crippen LogP contribution is -2.30. The van der Waals surface area contributed by atoms with E-state index in [1.54, 1.807) is 0 Å². The van der Waals surface area contributed by atoms with Crippen molar-refractivity contribution < 1.29 is 18.0 Å². The van der Waals surface area contributed by atoms with Crippen molar-refractivity contribution in [3.8, 4) is 0 Å². The summed E-state index contributed by atoms with van der Waals surface area (Å²) < 4.78 is 37.2. The zero-order valence-electron chi connectivity index (χ0n) is 11.3. The van der Waals surface area contributed by atoms with Crippen LogP contribution in [0.1, 0.15) is 30.4 Å². The van der Waals surface area contributed by atoms with Crippen LogP contribution in [0.4, 0.5) is 13.2 Å². The highest BCUT2D eigenvalue weighted by Gasteiger charge is 2.30. The number of amides is 1. The fraction of sp³-hybridized carbons (Fsp3) is 0.500. The molecule has 118 valence electrons. The highest BCUT2D eigenvalue weighted by Crippen LogP contribution is 2.29. The van der Waals surface area contributed by atoms with Crippen LogP contribution in [-0.4, -0.2) is 11.9 Å². The average molecular weight is 323 g/mol. The fourth-order valence-corrected chi connectivity index (χ4v) is 2.40. The number of carbonyl (C=O) groups excluding carboxylic acids is 1. The van der Waals surface area contributed by atoms with Gasteiger partial charge in [0.25, 0.3) is 0 Å². The number of halogens is 4. The number of nitrogens with two attached hydrogens (primary N) is 1. The fourth-order valence-electron chi connectivity index (χ4n) is 2.40. The highest BCUT2D eigenvalue weighted by atomic mass is 35.5. The number of alkyl halides is 3. The van der Waals surface area contributed by atoms with Crippen molar-refractivity contribution in [1.82, 2.24) is 5.32 Å². The molecule has 2 unspecified atom stereocenters. The summed E-state index contributed by atoms with van der Waals surface area (Å²) in [5.41, 5.74) is 5.70. The van der Waals surface area contributed by atoms with Crippen molar-refractivity contribution in [2.45, 2.75) is 38.0 Å². The van der Waals surface area contributed by atoms with Gasteiger partial charge < -0.3 is 11.1 Å². The van der Waals surface area contributed by atoms with Crippen LogP contribution in [0, 0.1) is 5.92 Å². The monoisotopic (exact) mass is 322 g/mol. The number of hydrogen-bond acceptors (Lipinski definition) is 2. The summed E-state index contributed by atoms with van der Waals surface area (Å²) in [7, 11) is 0. The molecule has 0 spiro atoms. The summed E-state index contributed by atoms with van der Waals surface area (Å²) in [6.07, 6.45) is -2.03. The Morgan fingerprint density at radius 3 is 2.33 bits per heavy atom. The molecule has 1 aromatic rings. The van der Waals surface area contributed by atoms with Crippen molar-refractivity contribution in [2.75, 3.05) is 0 Å². The third-order valence-corrected chi connectivity index (χ3v) is 3.59. The van der Waals surface area contributed by atoms with Crippen molar-refractivity contribution in [3.63, 3.8) is 0 Å². The Balaban J connectivity index is 0.00000220. The molecule has 0 saturated heterocycles. The average Bonchev–Trinajstić information content (AvgIpc) is 2.82. The molecule has 1 fully saturated rings. The normalized spacial score (nSPS) is 21.7. The van der Waals surface area contributed by atoms with Crippen LogP contribution >= 0.6 is 12.4 Å². The van der Waals surface area contributed by atoms with Gasteiger partial charge in [-0.2, -0.15) is 13.2 Å². The molecule has 3 nitrogen and oxygen atoms in total. The Bertz CT molecular complexity index is 476. The van der Waals surface area contributed by atoms with Gasteiger partial charge in [0.1, 0.15) is 0 Å². The van der Waals surface area contributed by atoms with E-state index >= 15 is 0 Å². The van der Waals surface area contributed by atoms with Gasteiger partial charge >= 0.3 is 6.18 Å². The molecule has 0 bridgehead atoms. The van der Waals surface area contributed by atoms with Crippen LogP contribution in [0.25, 0.3) is 0 Å². The molecular weight excluding hydrogens is 305 g/mol. The van der Waals surface area contributed by atoms with Crippen LogP contribution < -0.4 is 11.1 Å². The van der Waals surface area contributed by atoms with Gasteiger partial charge in [0, 0.05) is 18.5 Å². The molecule has 1 amide bonds. The summed E-state index contributed by atoms with van der Waals surface area (Å²) in [6, 6.07) is 4.88. The van der Waals surface area contributed by atoms with Crippen LogP contribution in [0.5, 0.6) is 0 Å². The maximum Gasteiger partial charge on any atom is 0.416 e. The molecule has 3 N–H and O–H groups in total. The predicted octanol–water partition coefficient (Wildman–Crippen LogP) is 2.87. The van der Waals surface area contributed by atoms with Crippen LogP contribution in [0.3, 0.4) is 0 Å². The number of carbonyl (C=O) groups is 1. The van der Waals surface area contributed by atoms with E-state index in [-0.39, 0.29) is 36.8 Å². The number of benzene rings is 1. The van der Waals surface area contributed by atoms with Gasteiger partial charge in [-0.3, -0.25) is 4.79 Å². The second kappa shape index (κ2) is 7.13. The SMILES string of the molecule is Cl.NC1CCC(C(=O)NCc2ccc(C(F)(F)F)cc2)C1. The summed E-state index contributed by atoms with van der Waals surface area (Å²) >= 11 is 0. The first-order valence-electron chi connectivity index (χ1n) is 6.55. The largest absolute Gasteiger partial charge is 0.416 e. The lowest BCUT2D eigenvalue weighted by Gasteiger charge is -2.11. The van der Waals surface area contributed by atoms with E-state index in [0.717, 1.165) is 25.0 Å². The van der Waals surface area contributed by atoms with Gasteiger partial charge in [0.05, 0.1) is 5.56 Å². The Morgan fingerprint density at radius 2 is 1.86 bits per heavy atom. The van der Waals surface area contributed by atoms with Gasteiger partial charge in [0.2, 0.25) is 5.91 Å². The molecule has 0 aromatic heterocycles. The topological polar surface area (TPSA) is 55.1 Å². The summed E-state index contributed by atoms with van der Waals surface area (Å²) in [4.78, 5) is 11.8. The minimum atomic E-state index is -4.33. The molecule has 1 saturated carbocycles. The van der Waals surface area contributed by atoms with Crippen molar-refractivity contribution >= 4 is 18.3 Å². The Kier molecular flexibility index (Phi) is 6.04. The summed E-state index contributed by atoms with van der Waals surface area (Å²) in [5, 5.41) is 2.74. The Labute approximate surface area is 127 Å². The molecule has 7 heteroatoms. The zero-order valence-corrected chi connectivity index (χ0v) is 12.1. The van der Waals surface area contributed by atoms with Crippen molar-refractivity contribution in [1.29, 1.82) is 0 Å². The van der Waals surface area contributed by atoms with Crippen LogP contribution in [0.15, 0.2) is 24.3 Å². The molecule has 1 aliphatic rings. The minimum absolute atomic E-state index is 0. The van der Waals surface area contributed by atoms with E-state index in [9.17, 15) is 18.0 Å².